The van der Waals surface area contributed by atoms with Crippen molar-refractivity contribution in [1.82, 2.24) is 24.3 Å². The van der Waals surface area contributed by atoms with Crippen LogP contribution in [-0.4, -0.2) is 121 Å². The fourth-order valence-corrected chi connectivity index (χ4v) is 6.71. The van der Waals surface area contributed by atoms with Gasteiger partial charge in [0.15, 0.2) is 23.1 Å². The molecule has 2 saturated heterocycles. The molecule has 4 aliphatic rings. The van der Waals surface area contributed by atoms with E-state index in [2.05, 4.69) is 17.3 Å². The fraction of sp³-hybridized carbons (Fsp3) is 0.444. The van der Waals surface area contributed by atoms with Crippen LogP contribution in [0.5, 0.6) is 11.5 Å². The maximum atomic E-state index is 15.1. The quantitative estimate of drug-likeness (QED) is 0.282. The number of piperazine rings is 2. The molecule has 2 atom stereocenters. The van der Waals surface area contributed by atoms with Crippen LogP contribution < -0.4 is 30.5 Å². The van der Waals surface area contributed by atoms with Gasteiger partial charge in [-0.1, -0.05) is 0 Å². The third kappa shape index (κ3) is 7.15. The molecule has 0 bridgehead atoms. The summed E-state index contributed by atoms with van der Waals surface area (Å²) in [6.07, 6.45) is 2.42. The molecule has 0 spiro atoms. The standard InChI is InChI=1S/C18H20FN3O4.C13H9F2NO4.C5H12N2/c1-10-9-26-17-14-11(16(23)12(18(24)25)8-22(10)14)7-13(19)15(17)21-5-3-20(2)4-6-21;1-5-4-20-12-9(15)8(14)2-6-10(12)16(5)3-7(11(6)17)13(18)19;1-7-4-2-6-3-5-7/h7-8,10H,3-6,9H2,1-2H3,(H,24,25);2-3,5H,4H2,1H3,(H,18,19);6H,2-5H2,1H3/t10-;5-;/m00./s1/i2D3;;. The number of likely N-dealkylation sites (N-methyl/N-ethyl adjacent to an activating group) is 2. The molecule has 4 aliphatic heterocycles. The maximum Gasteiger partial charge on any atom is 0.341 e. The highest BCUT2D eigenvalue weighted by atomic mass is 19.2. The molecular weight excluding hydrogens is 701 g/mol. The molecule has 0 unspecified atom stereocenters. The molecule has 2 aromatic heterocycles. The molecular formula is C36H41F3N6O8. The summed E-state index contributed by atoms with van der Waals surface area (Å²) in [6, 6.07) is 1.22. The Morgan fingerprint density at radius 1 is 0.774 bits per heavy atom. The highest BCUT2D eigenvalue weighted by Crippen LogP contribution is 2.42. The van der Waals surface area contributed by atoms with E-state index < -0.39 is 58.4 Å². The lowest BCUT2D eigenvalue weighted by molar-refractivity contribution is 0.0683. The number of benzene rings is 2. The average molecular weight is 746 g/mol. The van der Waals surface area contributed by atoms with E-state index in [1.807, 2.05) is 6.92 Å². The number of carboxylic acid groups (broad SMARTS) is 2. The van der Waals surface area contributed by atoms with Gasteiger partial charge >= 0.3 is 11.9 Å². The first-order valence-corrected chi connectivity index (χ1v) is 17.0. The van der Waals surface area contributed by atoms with Crippen LogP contribution in [0.25, 0.3) is 21.8 Å². The third-order valence-electron chi connectivity index (χ3n) is 9.65. The van der Waals surface area contributed by atoms with E-state index in [1.54, 1.807) is 16.4 Å². The van der Waals surface area contributed by atoms with Crippen LogP contribution in [0.15, 0.2) is 34.1 Å². The van der Waals surface area contributed by atoms with Crippen molar-refractivity contribution in [2.45, 2.75) is 25.9 Å². The summed E-state index contributed by atoms with van der Waals surface area (Å²) in [5.41, 5.74) is -1.92. The minimum Gasteiger partial charge on any atom is -0.487 e. The highest BCUT2D eigenvalue weighted by molar-refractivity contribution is 5.97. The smallest absolute Gasteiger partial charge is 0.341 e. The number of ether oxygens (including phenoxy) is 2. The Hall–Kier alpha value is -5.13. The van der Waals surface area contributed by atoms with Gasteiger partial charge in [0.2, 0.25) is 16.7 Å². The SMILES string of the molecule is CN1CCNCC1.C[C@H]1COc2c(F)c(F)cc3c(=O)c(C(=O)O)cn1c23.[2H]C([2H])([2H])N1CCN(c2c(F)cc3c(=O)c(C(=O)O)cn4c3c2OC[C@@H]4C)CC1. The van der Waals surface area contributed by atoms with E-state index >= 15 is 4.39 Å². The Labute approximate surface area is 305 Å². The number of hydrogen-bond acceptors (Lipinski definition) is 10. The summed E-state index contributed by atoms with van der Waals surface area (Å²) in [7, 11) is 2.15. The first-order chi connectivity index (χ1) is 26.4. The van der Waals surface area contributed by atoms with Crippen molar-refractivity contribution in [2.75, 3.05) is 84.5 Å². The first-order valence-electron chi connectivity index (χ1n) is 18.5. The summed E-state index contributed by atoms with van der Waals surface area (Å²) in [4.78, 5) is 52.6. The van der Waals surface area contributed by atoms with Crippen molar-refractivity contribution in [3.05, 3.63) is 73.6 Å². The van der Waals surface area contributed by atoms with Crippen LogP contribution in [0.1, 0.15) is 50.8 Å². The van der Waals surface area contributed by atoms with Crippen molar-refractivity contribution in [3.63, 3.8) is 0 Å². The van der Waals surface area contributed by atoms with Gasteiger partial charge in [0, 0.05) is 68.9 Å². The van der Waals surface area contributed by atoms with E-state index in [0.29, 0.717) is 11.6 Å². The van der Waals surface area contributed by atoms with Gasteiger partial charge in [-0.25, -0.2) is 18.4 Å². The molecule has 3 N–H and O–H groups in total. The van der Waals surface area contributed by atoms with Gasteiger partial charge in [-0.15, -0.1) is 0 Å². The molecule has 0 saturated carbocycles. The van der Waals surface area contributed by atoms with Crippen molar-refractivity contribution in [1.29, 1.82) is 0 Å². The predicted octanol–water partition coefficient (Wildman–Crippen LogP) is 3.00. The number of carboxylic acids is 2. The van der Waals surface area contributed by atoms with Crippen LogP contribution >= 0.6 is 0 Å². The highest BCUT2D eigenvalue weighted by Gasteiger charge is 2.31. The van der Waals surface area contributed by atoms with Crippen LogP contribution in [-0.2, 0) is 0 Å². The van der Waals surface area contributed by atoms with Crippen molar-refractivity contribution in [3.8, 4) is 11.5 Å². The lowest BCUT2D eigenvalue weighted by atomic mass is 10.1. The van der Waals surface area contributed by atoms with Crippen LogP contribution in [0.3, 0.4) is 0 Å². The summed E-state index contributed by atoms with van der Waals surface area (Å²) in [6.45, 7) is 7.35. The number of nitrogens with one attached hydrogen (secondary N) is 1. The Bertz CT molecular complexity index is 2320. The topological polar surface area (TPSA) is 159 Å². The van der Waals surface area contributed by atoms with Gasteiger partial charge in [0.25, 0.3) is 0 Å². The largest absolute Gasteiger partial charge is 0.487 e. The molecule has 8 rings (SSSR count). The minimum absolute atomic E-state index is 0.0474. The van der Waals surface area contributed by atoms with E-state index in [9.17, 15) is 33.1 Å². The molecule has 0 radical (unpaired) electrons. The normalized spacial score (nSPS) is 20.8. The Kier molecular flexibility index (Phi) is 9.59. The second-order valence-electron chi connectivity index (χ2n) is 13.3. The zero-order valence-electron chi connectivity index (χ0n) is 32.2. The van der Waals surface area contributed by atoms with E-state index in [1.165, 1.54) is 28.8 Å². The molecule has 53 heavy (non-hydrogen) atoms. The van der Waals surface area contributed by atoms with Crippen LogP contribution in [0.4, 0.5) is 18.9 Å². The second-order valence-corrected chi connectivity index (χ2v) is 13.3. The van der Waals surface area contributed by atoms with Crippen LogP contribution in [0.2, 0.25) is 0 Å². The summed E-state index contributed by atoms with van der Waals surface area (Å²) >= 11 is 0. The summed E-state index contributed by atoms with van der Waals surface area (Å²) in [5, 5.41) is 21.4. The number of pyridine rings is 2. The molecule has 17 heteroatoms. The monoisotopic (exact) mass is 745 g/mol. The zero-order chi connectivity index (χ0) is 40.8. The van der Waals surface area contributed by atoms with Gasteiger partial charge < -0.3 is 48.8 Å². The lowest BCUT2D eigenvalue weighted by Crippen LogP contribution is -2.45. The lowest BCUT2D eigenvalue weighted by Gasteiger charge is -2.37. The molecule has 4 aromatic rings. The number of rotatable bonds is 3. The molecule has 6 heterocycles. The molecule has 14 nitrogen and oxygen atoms in total. The third-order valence-corrected chi connectivity index (χ3v) is 9.65. The molecule has 0 aliphatic carbocycles. The summed E-state index contributed by atoms with van der Waals surface area (Å²) in [5.74, 6) is -6.07. The maximum absolute atomic E-state index is 15.1. The van der Waals surface area contributed by atoms with Crippen molar-refractivity contribution < 1.29 is 46.6 Å². The summed E-state index contributed by atoms with van der Waals surface area (Å²) < 4.78 is 78.9. The van der Waals surface area contributed by atoms with E-state index in [4.69, 9.17) is 18.7 Å². The van der Waals surface area contributed by atoms with Crippen molar-refractivity contribution >= 4 is 39.4 Å². The number of nitrogens with zero attached hydrogens (tertiary/aromatic N) is 5. The van der Waals surface area contributed by atoms with E-state index in [0.717, 1.165) is 25.4 Å². The predicted molar refractivity (Wildman–Crippen MR) is 191 cm³/mol. The Morgan fingerprint density at radius 2 is 1.26 bits per heavy atom. The number of halogens is 3. The minimum atomic E-state index is -2.21. The number of carbonyl (C=O) groups is 2. The van der Waals surface area contributed by atoms with Crippen molar-refractivity contribution in [2.24, 2.45) is 0 Å². The van der Waals surface area contributed by atoms with Gasteiger partial charge in [-0.05, 0) is 40.0 Å². The van der Waals surface area contributed by atoms with Gasteiger partial charge in [-0.3, -0.25) is 9.59 Å². The molecule has 2 aromatic carbocycles. The second kappa shape index (κ2) is 15.1. The molecule has 284 valence electrons. The van der Waals surface area contributed by atoms with Crippen LogP contribution in [0, 0.1) is 17.5 Å². The van der Waals surface area contributed by atoms with E-state index in [-0.39, 0.29) is 85.0 Å². The molecule has 0 amide bonds. The number of aromatic nitrogens is 2. The van der Waals surface area contributed by atoms with Gasteiger partial charge in [0.1, 0.15) is 30.0 Å². The Balaban J connectivity index is 0.000000169. The van der Waals surface area contributed by atoms with Gasteiger partial charge in [0.05, 0.1) is 33.9 Å². The Morgan fingerprint density at radius 3 is 1.74 bits per heavy atom. The number of hydrogen-bond donors (Lipinski definition) is 3. The number of anilines is 1. The first kappa shape index (κ1) is 33.7. The number of aromatic carboxylic acids is 2. The fourth-order valence-electron chi connectivity index (χ4n) is 6.71. The zero-order valence-corrected chi connectivity index (χ0v) is 29.2. The average Bonchev–Trinajstić information content (AvgIpc) is 3.14. The van der Waals surface area contributed by atoms with Gasteiger partial charge in [-0.2, -0.15) is 4.39 Å². The molecule has 2 fully saturated rings.